The quantitative estimate of drug-likeness (QED) is 0.216. The lowest BCUT2D eigenvalue weighted by Gasteiger charge is -2.09. The molecule has 0 aliphatic heterocycles. The van der Waals surface area contributed by atoms with Gasteiger partial charge in [-0.2, -0.15) is 0 Å². The average molecular weight is 527 g/mol. The fourth-order valence-corrected chi connectivity index (χ4v) is 6.12. The van der Waals surface area contributed by atoms with Gasteiger partial charge >= 0.3 is 0 Å². The van der Waals surface area contributed by atoms with E-state index in [9.17, 15) is 12.8 Å². The number of unbranched alkanes of at least 4 members (excludes halogenated alkanes) is 1. The van der Waals surface area contributed by atoms with Crippen molar-refractivity contribution in [3.8, 4) is 10.6 Å². The number of hydrogen-bond acceptors (Lipinski definition) is 8. The first-order chi connectivity index (χ1) is 17.5. The molecule has 0 unspecified atom stereocenters. The van der Waals surface area contributed by atoms with E-state index in [-0.39, 0.29) is 10.0 Å². The highest BCUT2D eigenvalue weighted by Gasteiger charge is 2.19. The summed E-state index contributed by atoms with van der Waals surface area (Å²) in [6.45, 7) is 1.40. The number of halogens is 1. The molecule has 0 saturated carbocycles. The van der Waals surface area contributed by atoms with E-state index < -0.39 is 10.0 Å². The lowest BCUT2D eigenvalue weighted by atomic mass is 10.1. The molecular weight excluding hydrogens is 503 g/mol. The van der Waals surface area contributed by atoms with E-state index in [4.69, 9.17) is 9.05 Å². The molecule has 0 fully saturated rings. The Labute approximate surface area is 211 Å². The van der Waals surface area contributed by atoms with Crippen molar-refractivity contribution in [2.75, 3.05) is 11.3 Å². The van der Waals surface area contributed by atoms with Crippen LogP contribution in [0.1, 0.15) is 24.1 Å². The summed E-state index contributed by atoms with van der Waals surface area (Å²) < 4.78 is 52.1. The second-order valence-electron chi connectivity index (χ2n) is 8.20. The molecule has 0 amide bonds. The maximum Gasteiger partial charge on any atom is 0.271 e. The van der Waals surface area contributed by atoms with E-state index in [0.29, 0.717) is 28.5 Å². The van der Waals surface area contributed by atoms with Crippen LogP contribution in [0.2, 0.25) is 0 Å². The van der Waals surface area contributed by atoms with Crippen molar-refractivity contribution in [3.05, 3.63) is 83.9 Å². The predicted molar refractivity (Wildman–Crippen MR) is 136 cm³/mol. The van der Waals surface area contributed by atoms with E-state index in [0.717, 1.165) is 53.8 Å². The number of hydrogen-bond donors (Lipinski definition) is 2. The van der Waals surface area contributed by atoms with Gasteiger partial charge in [0.05, 0.1) is 16.8 Å². The molecule has 0 aliphatic carbocycles. The summed E-state index contributed by atoms with van der Waals surface area (Å²) in [5.41, 5.74) is 2.77. The first-order valence-electron chi connectivity index (χ1n) is 11.4. The number of rotatable bonds is 11. The number of benzene rings is 2. The summed E-state index contributed by atoms with van der Waals surface area (Å²) >= 11 is 1.12. The van der Waals surface area contributed by atoms with E-state index in [1.807, 2.05) is 18.2 Å². The highest BCUT2D eigenvalue weighted by Crippen LogP contribution is 2.31. The summed E-state index contributed by atoms with van der Waals surface area (Å²) in [6.07, 6.45) is 4.09. The number of nitrogens with zero attached hydrogens (tertiary/aromatic N) is 2. The SMILES string of the molecule is O=S(=O)(Nc1cccc(CNCCCCc2noc3cc(F)ccc23)c1)c1ccc(-c2ccno2)s1. The molecule has 0 atom stereocenters. The van der Waals surface area contributed by atoms with Crippen molar-refractivity contribution in [2.45, 2.75) is 30.0 Å². The lowest BCUT2D eigenvalue weighted by Crippen LogP contribution is -2.15. The molecule has 11 heteroatoms. The summed E-state index contributed by atoms with van der Waals surface area (Å²) in [4.78, 5) is 0.691. The van der Waals surface area contributed by atoms with E-state index in [2.05, 4.69) is 20.4 Å². The van der Waals surface area contributed by atoms with Gasteiger partial charge in [-0.15, -0.1) is 11.3 Å². The number of thiophene rings is 1. The zero-order chi connectivity index (χ0) is 25.0. The van der Waals surface area contributed by atoms with Crippen LogP contribution in [0.15, 0.2) is 80.1 Å². The number of aromatic nitrogens is 2. The van der Waals surface area contributed by atoms with Gasteiger partial charge in [0.2, 0.25) is 0 Å². The van der Waals surface area contributed by atoms with Crippen molar-refractivity contribution in [1.82, 2.24) is 15.6 Å². The normalized spacial score (nSPS) is 11.8. The molecule has 3 aromatic heterocycles. The minimum absolute atomic E-state index is 0.197. The Hall–Kier alpha value is -3.54. The monoisotopic (exact) mass is 526 g/mol. The Bertz CT molecular complexity index is 1560. The molecule has 0 radical (unpaired) electrons. The number of nitrogens with one attached hydrogen (secondary N) is 2. The second-order valence-corrected chi connectivity index (χ2v) is 11.2. The third-order valence-corrected chi connectivity index (χ3v) is 8.53. The van der Waals surface area contributed by atoms with Crippen molar-refractivity contribution in [3.63, 3.8) is 0 Å². The largest absolute Gasteiger partial charge is 0.356 e. The summed E-state index contributed by atoms with van der Waals surface area (Å²) in [5, 5.41) is 11.9. The molecule has 0 spiro atoms. The first-order valence-corrected chi connectivity index (χ1v) is 13.6. The first kappa shape index (κ1) is 24.2. The number of anilines is 1. The molecule has 36 heavy (non-hydrogen) atoms. The Morgan fingerprint density at radius 1 is 1.00 bits per heavy atom. The number of fused-ring (bicyclic) bond motifs is 1. The zero-order valence-corrected chi connectivity index (χ0v) is 20.7. The zero-order valence-electron chi connectivity index (χ0n) is 19.1. The van der Waals surface area contributed by atoms with Crippen LogP contribution >= 0.6 is 11.3 Å². The number of sulfonamides is 1. The van der Waals surface area contributed by atoms with E-state index in [1.54, 1.807) is 30.3 Å². The standard InChI is InChI=1S/C25H23FN4O4S2/c26-18-7-8-20-21(29-34-23(20)15-18)6-1-2-12-27-16-17-4-3-5-19(14-17)30-36(31,32)25-10-9-24(35-25)22-11-13-28-33-22/h3-5,7-11,13-15,27,30H,1-2,6,12,16H2. The molecule has 5 aromatic rings. The number of aryl methyl sites for hydroxylation is 1. The van der Waals surface area contributed by atoms with Crippen molar-refractivity contribution in [1.29, 1.82) is 0 Å². The Morgan fingerprint density at radius 2 is 1.92 bits per heavy atom. The van der Waals surface area contributed by atoms with E-state index >= 15 is 0 Å². The molecule has 0 saturated heterocycles. The molecule has 0 bridgehead atoms. The topological polar surface area (TPSA) is 110 Å². The lowest BCUT2D eigenvalue weighted by molar-refractivity contribution is 0.433. The summed E-state index contributed by atoms with van der Waals surface area (Å²) in [6, 6.07) is 16.7. The third-order valence-electron chi connectivity index (χ3n) is 5.56. The molecule has 3 heterocycles. The van der Waals surface area contributed by atoms with Crippen molar-refractivity contribution in [2.24, 2.45) is 0 Å². The molecule has 0 aliphatic rings. The van der Waals surface area contributed by atoms with Crippen LogP contribution in [0.3, 0.4) is 0 Å². The van der Waals surface area contributed by atoms with Gasteiger partial charge in [0.15, 0.2) is 11.3 Å². The summed E-state index contributed by atoms with van der Waals surface area (Å²) in [5.74, 6) is 0.189. The minimum atomic E-state index is -3.72. The van der Waals surface area contributed by atoms with Crippen molar-refractivity contribution < 1.29 is 21.9 Å². The van der Waals surface area contributed by atoms with Gasteiger partial charge in [0.25, 0.3) is 10.0 Å². The van der Waals surface area contributed by atoms with Gasteiger partial charge in [-0.05, 0) is 67.8 Å². The van der Waals surface area contributed by atoms with Crippen LogP contribution in [0.4, 0.5) is 10.1 Å². The van der Waals surface area contributed by atoms with Crippen LogP contribution in [0.5, 0.6) is 0 Å². The fourth-order valence-electron chi connectivity index (χ4n) is 3.81. The van der Waals surface area contributed by atoms with Crippen LogP contribution < -0.4 is 10.0 Å². The predicted octanol–water partition coefficient (Wildman–Crippen LogP) is 5.60. The van der Waals surface area contributed by atoms with Gasteiger partial charge in [-0.1, -0.05) is 22.4 Å². The molecule has 186 valence electrons. The van der Waals surface area contributed by atoms with Crippen LogP contribution in [0.25, 0.3) is 21.6 Å². The van der Waals surface area contributed by atoms with Gasteiger partial charge < -0.3 is 14.4 Å². The van der Waals surface area contributed by atoms with Gasteiger partial charge in [0.1, 0.15) is 10.0 Å². The van der Waals surface area contributed by atoms with E-state index in [1.165, 1.54) is 18.3 Å². The maximum atomic E-state index is 13.3. The van der Waals surface area contributed by atoms with Gasteiger partial charge in [-0.3, -0.25) is 4.72 Å². The molecule has 2 N–H and O–H groups in total. The second kappa shape index (κ2) is 10.6. The fraction of sp³-hybridized carbons (Fsp3) is 0.200. The highest BCUT2D eigenvalue weighted by atomic mass is 32.2. The molecule has 5 rings (SSSR count). The maximum absolute atomic E-state index is 13.3. The van der Waals surface area contributed by atoms with Crippen LogP contribution in [-0.4, -0.2) is 25.3 Å². The van der Waals surface area contributed by atoms with Crippen molar-refractivity contribution >= 4 is 38.0 Å². The molecule has 8 nitrogen and oxygen atoms in total. The minimum Gasteiger partial charge on any atom is -0.356 e. The Balaban J connectivity index is 1.10. The van der Waals surface area contributed by atoms with Gasteiger partial charge in [0, 0.05) is 29.8 Å². The summed E-state index contributed by atoms with van der Waals surface area (Å²) in [7, 11) is -3.72. The smallest absolute Gasteiger partial charge is 0.271 e. The van der Waals surface area contributed by atoms with Crippen LogP contribution in [0, 0.1) is 5.82 Å². The third kappa shape index (κ3) is 5.64. The molecule has 2 aromatic carbocycles. The highest BCUT2D eigenvalue weighted by molar-refractivity contribution is 7.94. The average Bonchev–Trinajstić information content (AvgIpc) is 3.62. The van der Waals surface area contributed by atoms with Gasteiger partial charge in [-0.25, -0.2) is 12.8 Å². The molecular formula is C25H23FN4O4S2. The van der Waals surface area contributed by atoms with Crippen LogP contribution in [-0.2, 0) is 23.0 Å². The Kier molecular flexibility index (Phi) is 7.12. The Morgan fingerprint density at radius 3 is 2.78 bits per heavy atom.